The van der Waals surface area contributed by atoms with Gasteiger partial charge in [0.2, 0.25) is 5.91 Å². The number of anilines is 2. The molecular weight excluding hydrogens is 394 g/mol. The average Bonchev–Trinajstić information content (AvgIpc) is 2.87. The topological polar surface area (TPSA) is 128 Å². The molecule has 30 heavy (non-hydrogen) atoms. The molecule has 0 bridgehead atoms. The highest BCUT2D eigenvalue weighted by Gasteiger charge is 2.26. The van der Waals surface area contributed by atoms with Crippen LogP contribution in [0.5, 0.6) is 5.75 Å². The van der Waals surface area contributed by atoms with Crippen LogP contribution in [0.2, 0.25) is 0 Å². The number of fused-ring (bicyclic) bond motifs is 1. The van der Waals surface area contributed by atoms with E-state index in [2.05, 4.69) is 5.32 Å². The van der Waals surface area contributed by atoms with E-state index in [9.17, 15) is 24.5 Å². The molecule has 10 heteroatoms. The molecule has 2 aromatic rings. The van der Waals surface area contributed by atoms with Gasteiger partial charge in [-0.2, -0.15) is 0 Å². The van der Waals surface area contributed by atoms with Crippen LogP contribution in [0.25, 0.3) is 0 Å². The van der Waals surface area contributed by atoms with Gasteiger partial charge in [-0.1, -0.05) is 24.3 Å². The van der Waals surface area contributed by atoms with E-state index in [1.165, 1.54) is 17.0 Å². The normalized spacial score (nSPS) is 13.0. The number of benzene rings is 2. The molecule has 1 heterocycles. The Morgan fingerprint density at radius 2 is 2.00 bits per heavy atom. The summed E-state index contributed by atoms with van der Waals surface area (Å²) in [6, 6.07) is 11.2. The van der Waals surface area contributed by atoms with Crippen molar-refractivity contribution in [2.45, 2.75) is 13.3 Å². The molecule has 0 unspecified atom stereocenters. The maximum absolute atomic E-state index is 12.3. The number of hydrogen-bond acceptors (Lipinski definition) is 7. The number of esters is 1. The zero-order chi connectivity index (χ0) is 21.7. The van der Waals surface area contributed by atoms with Crippen LogP contribution in [-0.4, -0.2) is 42.5 Å². The van der Waals surface area contributed by atoms with E-state index in [-0.39, 0.29) is 30.3 Å². The molecule has 2 aromatic carbocycles. The summed E-state index contributed by atoms with van der Waals surface area (Å²) < 4.78 is 10.5. The molecular formula is C20H19N3O7. The number of aryl methyl sites for hydroxylation is 1. The number of rotatable bonds is 6. The Bertz CT molecular complexity index is 1010. The first-order valence-electron chi connectivity index (χ1n) is 9.08. The minimum Gasteiger partial charge on any atom is -0.491 e. The zero-order valence-corrected chi connectivity index (χ0v) is 16.1. The molecule has 0 aliphatic carbocycles. The highest BCUT2D eigenvalue weighted by atomic mass is 16.6. The van der Waals surface area contributed by atoms with E-state index < -0.39 is 30.0 Å². The van der Waals surface area contributed by atoms with Crippen LogP contribution in [0.15, 0.2) is 42.5 Å². The molecule has 0 fully saturated rings. The van der Waals surface area contributed by atoms with Crippen LogP contribution in [0.1, 0.15) is 12.0 Å². The van der Waals surface area contributed by atoms with Gasteiger partial charge >= 0.3 is 5.97 Å². The number of para-hydroxylation sites is 3. The van der Waals surface area contributed by atoms with Crippen molar-refractivity contribution in [1.29, 1.82) is 0 Å². The van der Waals surface area contributed by atoms with Gasteiger partial charge < -0.3 is 14.8 Å². The Balaban J connectivity index is 1.62. The lowest BCUT2D eigenvalue weighted by molar-refractivity contribution is -0.384. The minimum atomic E-state index is -0.797. The highest BCUT2D eigenvalue weighted by molar-refractivity contribution is 6.00. The van der Waals surface area contributed by atoms with Crippen molar-refractivity contribution in [3.63, 3.8) is 0 Å². The molecule has 1 N–H and O–H groups in total. The molecule has 0 spiro atoms. The molecule has 0 aromatic heterocycles. The van der Waals surface area contributed by atoms with E-state index >= 15 is 0 Å². The van der Waals surface area contributed by atoms with Gasteiger partial charge in [0.1, 0.15) is 18.0 Å². The highest BCUT2D eigenvalue weighted by Crippen LogP contribution is 2.31. The summed E-state index contributed by atoms with van der Waals surface area (Å²) in [5.74, 6) is -1.36. The second-order valence-corrected chi connectivity index (χ2v) is 6.48. The van der Waals surface area contributed by atoms with E-state index in [0.717, 1.165) is 0 Å². The standard InChI is InChI=1S/C20H19N3O7/c1-13-5-4-7-15(23(27)28)20(13)21-17(24)12-30-19(26)11-22-14-6-2-3-8-16(14)29-10-9-18(22)25/h2-8H,9-12H2,1H3,(H,21,24). The van der Waals surface area contributed by atoms with Gasteiger partial charge in [0.15, 0.2) is 6.61 Å². The number of amides is 2. The van der Waals surface area contributed by atoms with Crippen molar-refractivity contribution in [2.75, 3.05) is 30.0 Å². The number of nitrogens with one attached hydrogen (secondary N) is 1. The van der Waals surface area contributed by atoms with Crippen LogP contribution in [0, 0.1) is 17.0 Å². The Morgan fingerprint density at radius 3 is 2.77 bits per heavy atom. The second-order valence-electron chi connectivity index (χ2n) is 6.48. The Labute approximate surface area is 171 Å². The van der Waals surface area contributed by atoms with E-state index in [4.69, 9.17) is 9.47 Å². The Hall–Kier alpha value is -3.95. The largest absolute Gasteiger partial charge is 0.491 e. The monoisotopic (exact) mass is 413 g/mol. The van der Waals surface area contributed by atoms with E-state index in [1.807, 2.05) is 0 Å². The first-order valence-corrected chi connectivity index (χ1v) is 9.08. The zero-order valence-electron chi connectivity index (χ0n) is 16.1. The summed E-state index contributed by atoms with van der Waals surface area (Å²) in [6.45, 7) is 0.763. The molecule has 0 saturated carbocycles. The molecule has 1 aliphatic rings. The maximum Gasteiger partial charge on any atom is 0.326 e. The summed E-state index contributed by atoms with van der Waals surface area (Å²) in [6.07, 6.45) is 0.0966. The van der Waals surface area contributed by atoms with Crippen LogP contribution < -0.4 is 15.0 Å². The van der Waals surface area contributed by atoms with Gasteiger partial charge in [0.05, 0.1) is 23.6 Å². The molecule has 0 radical (unpaired) electrons. The molecule has 3 rings (SSSR count). The minimum absolute atomic E-state index is 0.0392. The summed E-state index contributed by atoms with van der Waals surface area (Å²) in [5, 5.41) is 13.5. The Kier molecular flexibility index (Phi) is 6.26. The molecule has 0 saturated heterocycles. The van der Waals surface area contributed by atoms with Gasteiger partial charge in [0.25, 0.3) is 11.6 Å². The number of nitro benzene ring substituents is 1. The average molecular weight is 413 g/mol. The maximum atomic E-state index is 12.3. The predicted molar refractivity (Wildman–Crippen MR) is 106 cm³/mol. The fourth-order valence-electron chi connectivity index (χ4n) is 2.96. The van der Waals surface area contributed by atoms with Gasteiger partial charge in [-0.25, -0.2) is 0 Å². The molecule has 10 nitrogen and oxygen atoms in total. The molecule has 2 amide bonds. The summed E-state index contributed by atoms with van der Waals surface area (Å²) >= 11 is 0. The molecule has 1 aliphatic heterocycles. The van der Waals surface area contributed by atoms with Crippen LogP contribution in [-0.2, 0) is 19.1 Å². The number of nitro groups is 1. The quantitative estimate of drug-likeness (QED) is 0.437. The lowest BCUT2D eigenvalue weighted by Crippen LogP contribution is -2.37. The summed E-state index contributed by atoms with van der Waals surface area (Å²) in [7, 11) is 0. The number of hydrogen-bond donors (Lipinski definition) is 1. The van der Waals surface area contributed by atoms with Gasteiger partial charge in [0, 0.05) is 6.07 Å². The van der Waals surface area contributed by atoms with Crippen molar-refractivity contribution >= 4 is 34.8 Å². The molecule has 156 valence electrons. The van der Waals surface area contributed by atoms with E-state index in [0.29, 0.717) is 17.0 Å². The van der Waals surface area contributed by atoms with Gasteiger partial charge in [-0.05, 0) is 24.6 Å². The van der Waals surface area contributed by atoms with Crippen LogP contribution in [0.4, 0.5) is 17.1 Å². The van der Waals surface area contributed by atoms with Gasteiger partial charge in [-0.15, -0.1) is 0 Å². The van der Waals surface area contributed by atoms with Crippen LogP contribution >= 0.6 is 0 Å². The third-order valence-corrected chi connectivity index (χ3v) is 4.39. The Morgan fingerprint density at radius 1 is 1.23 bits per heavy atom. The van der Waals surface area contributed by atoms with Crippen LogP contribution in [0.3, 0.4) is 0 Å². The van der Waals surface area contributed by atoms with Crippen molar-refractivity contribution in [1.82, 2.24) is 0 Å². The lowest BCUT2D eigenvalue weighted by Gasteiger charge is -2.20. The first-order chi connectivity index (χ1) is 14.4. The lowest BCUT2D eigenvalue weighted by atomic mass is 10.1. The number of carbonyl (C=O) groups is 3. The summed E-state index contributed by atoms with van der Waals surface area (Å²) in [4.78, 5) is 48.5. The SMILES string of the molecule is Cc1cccc([N+](=O)[O-])c1NC(=O)COC(=O)CN1C(=O)CCOc2ccccc21. The fourth-order valence-corrected chi connectivity index (χ4v) is 2.96. The second kappa shape index (κ2) is 9.03. The fraction of sp³-hybridized carbons (Fsp3) is 0.250. The number of nitrogens with zero attached hydrogens (tertiary/aromatic N) is 2. The number of carbonyl (C=O) groups excluding carboxylic acids is 3. The third kappa shape index (κ3) is 4.72. The van der Waals surface area contributed by atoms with Crippen molar-refractivity contribution in [2.24, 2.45) is 0 Å². The van der Waals surface area contributed by atoms with E-state index in [1.54, 1.807) is 37.3 Å². The third-order valence-electron chi connectivity index (χ3n) is 4.39. The van der Waals surface area contributed by atoms with Gasteiger partial charge in [-0.3, -0.25) is 29.4 Å². The smallest absolute Gasteiger partial charge is 0.326 e. The first kappa shape index (κ1) is 20.8. The molecule has 0 atom stereocenters. The number of ether oxygens (including phenoxy) is 2. The van der Waals surface area contributed by atoms with Crippen molar-refractivity contribution < 1.29 is 28.8 Å². The predicted octanol–water partition coefficient (Wildman–Crippen LogP) is 2.20. The summed E-state index contributed by atoms with van der Waals surface area (Å²) in [5.41, 5.74) is 0.714. The van der Waals surface area contributed by atoms with Crippen molar-refractivity contribution in [3.8, 4) is 5.75 Å². The van der Waals surface area contributed by atoms with Crippen molar-refractivity contribution in [3.05, 3.63) is 58.1 Å².